The Morgan fingerprint density at radius 3 is 2.76 bits per heavy atom. The van der Waals surface area contributed by atoms with Gasteiger partial charge in [-0.3, -0.25) is 4.79 Å². The third kappa shape index (κ3) is 3.64. The number of nitrogens with zero attached hydrogens (tertiary/aromatic N) is 2. The monoisotopic (exact) mass is 355 g/mol. The number of fused-ring (bicyclic) bond motifs is 1. The normalized spacial score (nSPS) is 11.1. The number of nitrogens with one attached hydrogen (secondary N) is 1. The average molecular weight is 355 g/mol. The van der Waals surface area contributed by atoms with Gasteiger partial charge in [-0.15, -0.1) is 11.3 Å². The maximum atomic E-state index is 12.3. The van der Waals surface area contributed by atoms with E-state index in [1.165, 1.54) is 11.2 Å². The van der Waals surface area contributed by atoms with Crippen LogP contribution in [0.15, 0.2) is 30.6 Å². The van der Waals surface area contributed by atoms with Gasteiger partial charge in [0.15, 0.2) is 6.61 Å². The van der Waals surface area contributed by atoms with Crippen LogP contribution in [0.4, 0.5) is 5.69 Å². The number of thiophene rings is 1. The molecule has 0 aliphatic heterocycles. The minimum atomic E-state index is -0.204. The lowest BCUT2D eigenvalue weighted by atomic mass is 10.0. The summed E-state index contributed by atoms with van der Waals surface area (Å²) in [5.74, 6) is 0.582. The van der Waals surface area contributed by atoms with Gasteiger partial charge in [-0.1, -0.05) is 32.0 Å². The molecule has 6 heteroatoms. The predicted molar refractivity (Wildman–Crippen MR) is 102 cm³/mol. The van der Waals surface area contributed by atoms with Crippen LogP contribution in [-0.4, -0.2) is 22.5 Å². The lowest BCUT2D eigenvalue weighted by molar-refractivity contribution is -0.118. The van der Waals surface area contributed by atoms with E-state index in [0.717, 1.165) is 27.0 Å². The van der Waals surface area contributed by atoms with Gasteiger partial charge in [0.2, 0.25) is 5.88 Å². The van der Waals surface area contributed by atoms with E-state index in [-0.39, 0.29) is 12.5 Å². The first kappa shape index (κ1) is 17.4. The van der Waals surface area contributed by atoms with Crippen molar-refractivity contribution in [3.63, 3.8) is 0 Å². The number of rotatable bonds is 5. The Hall–Kier alpha value is -2.47. The quantitative estimate of drug-likeness (QED) is 0.734. The summed E-state index contributed by atoms with van der Waals surface area (Å²) in [6, 6.07) is 7.81. The largest absolute Gasteiger partial charge is 0.467 e. The summed E-state index contributed by atoms with van der Waals surface area (Å²) >= 11 is 1.60. The molecule has 0 atom stereocenters. The molecule has 0 aliphatic rings. The molecule has 0 spiro atoms. The van der Waals surface area contributed by atoms with Crippen molar-refractivity contribution in [3.05, 3.63) is 46.6 Å². The number of benzene rings is 1. The number of hydrogen-bond donors (Lipinski definition) is 1. The molecule has 0 unspecified atom stereocenters. The fourth-order valence-corrected chi connectivity index (χ4v) is 3.68. The van der Waals surface area contributed by atoms with Crippen LogP contribution in [0.3, 0.4) is 0 Å². The van der Waals surface area contributed by atoms with Crippen LogP contribution in [-0.2, 0) is 4.79 Å². The number of carbonyl (C=O) groups is 1. The first-order valence-electron chi connectivity index (χ1n) is 8.19. The van der Waals surface area contributed by atoms with Crippen LogP contribution in [0.5, 0.6) is 5.88 Å². The molecule has 1 N–H and O–H groups in total. The Morgan fingerprint density at radius 1 is 1.24 bits per heavy atom. The van der Waals surface area contributed by atoms with Crippen LogP contribution in [0.1, 0.15) is 35.8 Å². The molecule has 5 nitrogen and oxygen atoms in total. The van der Waals surface area contributed by atoms with Crippen molar-refractivity contribution in [1.29, 1.82) is 0 Å². The Kier molecular flexibility index (Phi) is 4.99. The average Bonchev–Trinajstić information content (AvgIpc) is 2.88. The van der Waals surface area contributed by atoms with Gasteiger partial charge < -0.3 is 10.1 Å². The second-order valence-electron chi connectivity index (χ2n) is 6.22. The topological polar surface area (TPSA) is 64.1 Å². The van der Waals surface area contributed by atoms with Gasteiger partial charge in [-0.05, 0) is 37.0 Å². The van der Waals surface area contributed by atoms with Crippen molar-refractivity contribution in [3.8, 4) is 5.88 Å². The highest BCUT2D eigenvalue weighted by atomic mass is 32.1. The number of amides is 1. The third-order valence-corrected chi connectivity index (χ3v) is 5.24. The maximum Gasteiger partial charge on any atom is 0.262 e. The number of hydrogen-bond acceptors (Lipinski definition) is 5. The number of aryl methyl sites for hydroxylation is 2. The minimum Gasteiger partial charge on any atom is -0.467 e. The van der Waals surface area contributed by atoms with Gasteiger partial charge in [0.05, 0.1) is 5.39 Å². The molecule has 1 aromatic carbocycles. The molecule has 0 aliphatic carbocycles. The van der Waals surface area contributed by atoms with Crippen molar-refractivity contribution in [2.75, 3.05) is 11.9 Å². The second-order valence-corrected chi connectivity index (χ2v) is 7.42. The van der Waals surface area contributed by atoms with E-state index >= 15 is 0 Å². The van der Waals surface area contributed by atoms with Crippen molar-refractivity contribution in [1.82, 2.24) is 9.97 Å². The molecule has 3 aromatic rings. The molecule has 0 radical (unpaired) electrons. The van der Waals surface area contributed by atoms with E-state index in [1.807, 2.05) is 38.1 Å². The highest BCUT2D eigenvalue weighted by Gasteiger charge is 2.15. The zero-order valence-corrected chi connectivity index (χ0v) is 15.6. The SMILES string of the molecule is Cc1sc2ncnc(OCC(=O)Nc3ccccc3C(C)C)c2c1C. The minimum absolute atomic E-state index is 0.0904. The second kappa shape index (κ2) is 7.19. The standard InChI is InChI=1S/C19H21N3O2S/c1-11(2)14-7-5-6-8-15(14)22-16(23)9-24-18-17-12(3)13(4)25-19(17)21-10-20-18/h5-8,10-11H,9H2,1-4H3,(H,22,23). The molecule has 130 valence electrons. The van der Waals surface area contributed by atoms with E-state index in [0.29, 0.717) is 11.8 Å². The molecule has 0 fully saturated rings. The Bertz CT molecular complexity index is 918. The summed E-state index contributed by atoms with van der Waals surface area (Å²) in [4.78, 5) is 22.8. The third-order valence-electron chi connectivity index (χ3n) is 4.13. The molecular weight excluding hydrogens is 334 g/mol. The Labute approximate surface area is 151 Å². The number of ether oxygens (including phenoxy) is 1. The lowest BCUT2D eigenvalue weighted by Gasteiger charge is -2.14. The lowest BCUT2D eigenvalue weighted by Crippen LogP contribution is -2.21. The molecule has 0 saturated carbocycles. The summed E-state index contributed by atoms with van der Waals surface area (Å²) in [5.41, 5.74) is 3.02. The Balaban J connectivity index is 1.74. The summed E-state index contributed by atoms with van der Waals surface area (Å²) in [6.07, 6.45) is 1.47. The van der Waals surface area contributed by atoms with Gasteiger partial charge in [0.25, 0.3) is 5.91 Å². The van der Waals surface area contributed by atoms with E-state index < -0.39 is 0 Å². The first-order chi connectivity index (χ1) is 12.0. The number of para-hydroxylation sites is 1. The number of aromatic nitrogens is 2. The fraction of sp³-hybridized carbons (Fsp3) is 0.316. The first-order valence-corrected chi connectivity index (χ1v) is 9.01. The van der Waals surface area contributed by atoms with Crippen molar-refractivity contribution < 1.29 is 9.53 Å². The van der Waals surface area contributed by atoms with Gasteiger partial charge >= 0.3 is 0 Å². The number of anilines is 1. The van der Waals surface area contributed by atoms with Crippen molar-refractivity contribution >= 4 is 33.1 Å². The molecule has 0 saturated heterocycles. The van der Waals surface area contributed by atoms with Gasteiger partial charge in [0, 0.05) is 10.6 Å². The van der Waals surface area contributed by atoms with Gasteiger partial charge in [-0.25, -0.2) is 9.97 Å². The smallest absolute Gasteiger partial charge is 0.262 e. The highest BCUT2D eigenvalue weighted by Crippen LogP contribution is 2.33. The Morgan fingerprint density at radius 2 is 2.00 bits per heavy atom. The fourth-order valence-electron chi connectivity index (χ4n) is 2.69. The number of carbonyl (C=O) groups excluding carboxylic acids is 1. The van der Waals surface area contributed by atoms with Crippen molar-refractivity contribution in [2.45, 2.75) is 33.6 Å². The highest BCUT2D eigenvalue weighted by molar-refractivity contribution is 7.18. The maximum absolute atomic E-state index is 12.3. The van der Waals surface area contributed by atoms with Crippen molar-refractivity contribution in [2.24, 2.45) is 0 Å². The summed E-state index contributed by atoms with van der Waals surface area (Å²) < 4.78 is 5.69. The van der Waals surface area contributed by atoms with Crippen LogP contribution in [0, 0.1) is 13.8 Å². The summed E-state index contributed by atoms with van der Waals surface area (Å²) in [6.45, 7) is 8.17. The van der Waals surface area contributed by atoms with Crippen LogP contribution >= 0.6 is 11.3 Å². The molecular formula is C19H21N3O2S. The summed E-state index contributed by atoms with van der Waals surface area (Å²) in [5, 5.41) is 3.81. The zero-order valence-electron chi connectivity index (χ0n) is 14.8. The van der Waals surface area contributed by atoms with Crippen LogP contribution < -0.4 is 10.1 Å². The molecule has 3 rings (SSSR count). The van der Waals surface area contributed by atoms with Crippen LogP contribution in [0.25, 0.3) is 10.2 Å². The van der Waals surface area contributed by atoms with E-state index in [2.05, 4.69) is 29.1 Å². The molecule has 0 bridgehead atoms. The molecule has 1 amide bonds. The van der Waals surface area contributed by atoms with E-state index in [9.17, 15) is 4.79 Å². The van der Waals surface area contributed by atoms with E-state index in [1.54, 1.807) is 11.3 Å². The molecule has 2 heterocycles. The zero-order chi connectivity index (χ0) is 18.0. The molecule has 25 heavy (non-hydrogen) atoms. The predicted octanol–water partition coefficient (Wildman–Crippen LogP) is 4.45. The summed E-state index contributed by atoms with van der Waals surface area (Å²) in [7, 11) is 0. The van der Waals surface area contributed by atoms with Gasteiger partial charge in [0.1, 0.15) is 11.2 Å². The van der Waals surface area contributed by atoms with Gasteiger partial charge in [-0.2, -0.15) is 0 Å². The molecule has 2 aromatic heterocycles. The van der Waals surface area contributed by atoms with Crippen LogP contribution in [0.2, 0.25) is 0 Å². The van der Waals surface area contributed by atoms with E-state index in [4.69, 9.17) is 4.74 Å².